The number of rotatable bonds is 4. The molecule has 40 heavy (non-hydrogen) atoms. The van der Waals surface area contributed by atoms with Gasteiger partial charge in [0.2, 0.25) is 0 Å². The van der Waals surface area contributed by atoms with E-state index in [0.717, 1.165) is 61.4 Å². The Morgan fingerprint density at radius 2 is 1.65 bits per heavy atom. The van der Waals surface area contributed by atoms with E-state index in [9.17, 15) is 0 Å². The quantitative estimate of drug-likeness (QED) is 0.233. The smallest absolute Gasteiger partial charge is 0.179 e. The number of hydrogen-bond donors (Lipinski definition) is 1. The summed E-state index contributed by atoms with van der Waals surface area (Å²) in [7, 11) is 1.66. The summed E-state index contributed by atoms with van der Waals surface area (Å²) >= 11 is 3.70. The second kappa shape index (κ2) is 9.81. The van der Waals surface area contributed by atoms with Crippen LogP contribution < -0.4 is 15.0 Å². The third-order valence-corrected chi connectivity index (χ3v) is 7.63. The molecule has 4 aromatic carbocycles. The highest BCUT2D eigenvalue weighted by Crippen LogP contribution is 2.48. The molecule has 7 nitrogen and oxygen atoms in total. The van der Waals surface area contributed by atoms with E-state index in [4.69, 9.17) is 19.8 Å². The van der Waals surface area contributed by atoms with E-state index < -0.39 is 0 Å². The SMILES string of the molecule is COc1cccc(NC2=Nc3ccccc3N3C2=Nc2c(c(C)nn2-c2ccccc2)C3c2cccc(Br)c2)c1. The van der Waals surface area contributed by atoms with Crippen LogP contribution in [0.15, 0.2) is 118 Å². The van der Waals surface area contributed by atoms with Crippen LogP contribution in [0.5, 0.6) is 5.75 Å². The highest BCUT2D eigenvalue weighted by Gasteiger charge is 2.41. The molecule has 3 heterocycles. The highest BCUT2D eigenvalue weighted by atomic mass is 79.9. The van der Waals surface area contributed by atoms with Gasteiger partial charge in [-0.25, -0.2) is 14.7 Å². The molecule has 0 fully saturated rings. The Balaban J connectivity index is 1.49. The van der Waals surface area contributed by atoms with Crippen molar-refractivity contribution in [2.45, 2.75) is 13.0 Å². The van der Waals surface area contributed by atoms with E-state index in [1.807, 2.05) is 83.5 Å². The van der Waals surface area contributed by atoms with Gasteiger partial charge >= 0.3 is 0 Å². The summed E-state index contributed by atoms with van der Waals surface area (Å²) in [6.45, 7) is 2.06. The normalized spacial score (nSPS) is 15.4. The molecular formula is C32H25BrN6O. The minimum atomic E-state index is -0.184. The first-order chi connectivity index (χ1) is 19.6. The van der Waals surface area contributed by atoms with Crippen LogP contribution in [0.4, 0.5) is 22.9 Å². The van der Waals surface area contributed by atoms with Crippen molar-refractivity contribution in [2.75, 3.05) is 17.3 Å². The van der Waals surface area contributed by atoms with Crippen molar-refractivity contribution < 1.29 is 4.74 Å². The maximum Gasteiger partial charge on any atom is 0.179 e. The number of aliphatic imine (C=N–C) groups is 2. The number of anilines is 2. The molecule has 8 heteroatoms. The average molecular weight is 589 g/mol. The number of para-hydroxylation sites is 3. The van der Waals surface area contributed by atoms with E-state index >= 15 is 0 Å². The zero-order valence-electron chi connectivity index (χ0n) is 21.9. The van der Waals surface area contributed by atoms with Gasteiger partial charge in [-0.1, -0.05) is 64.5 Å². The minimum Gasteiger partial charge on any atom is -0.497 e. The number of hydrogen-bond acceptors (Lipinski definition) is 6. The maximum atomic E-state index is 5.47. The van der Waals surface area contributed by atoms with Crippen LogP contribution in [0.25, 0.3) is 5.69 Å². The van der Waals surface area contributed by atoms with Crippen LogP contribution >= 0.6 is 15.9 Å². The number of halogens is 1. The third kappa shape index (κ3) is 4.08. The van der Waals surface area contributed by atoms with Crippen molar-refractivity contribution in [3.8, 4) is 11.4 Å². The van der Waals surface area contributed by atoms with E-state index in [1.165, 1.54) is 0 Å². The number of amidine groups is 2. The van der Waals surface area contributed by atoms with Gasteiger partial charge in [0.15, 0.2) is 17.5 Å². The Kier molecular flexibility index (Phi) is 5.97. The molecule has 1 atom stereocenters. The predicted octanol–water partition coefficient (Wildman–Crippen LogP) is 7.75. The summed E-state index contributed by atoms with van der Waals surface area (Å²) in [6, 6.07) is 34.4. The zero-order chi connectivity index (χ0) is 27.2. The van der Waals surface area contributed by atoms with Crippen LogP contribution in [0.3, 0.4) is 0 Å². The molecule has 0 bridgehead atoms. The Morgan fingerprint density at radius 1 is 0.850 bits per heavy atom. The van der Waals surface area contributed by atoms with Crippen LogP contribution in [0, 0.1) is 6.92 Å². The molecule has 2 aliphatic rings. The number of nitrogens with one attached hydrogen (secondary N) is 1. The van der Waals surface area contributed by atoms with Crippen LogP contribution in [0.2, 0.25) is 0 Å². The fourth-order valence-electron chi connectivity index (χ4n) is 5.38. The van der Waals surface area contributed by atoms with E-state index in [-0.39, 0.29) is 6.04 Å². The second-order valence-corrected chi connectivity index (χ2v) is 10.6. The Bertz CT molecular complexity index is 1810. The second-order valence-electron chi connectivity index (χ2n) is 9.64. The van der Waals surface area contributed by atoms with Crippen molar-refractivity contribution in [2.24, 2.45) is 9.98 Å². The Morgan fingerprint density at radius 3 is 2.48 bits per heavy atom. The first kappa shape index (κ1) is 24.4. The van der Waals surface area contributed by atoms with Gasteiger partial charge in [-0.15, -0.1) is 0 Å². The van der Waals surface area contributed by atoms with Crippen molar-refractivity contribution >= 4 is 50.5 Å². The lowest BCUT2D eigenvalue weighted by molar-refractivity contribution is 0.415. The van der Waals surface area contributed by atoms with Crippen LogP contribution in [-0.4, -0.2) is 28.6 Å². The Hall–Kier alpha value is -4.69. The molecule has 1 aromatic heterocycles. The molecule has 0 saturated carbocycles. The molecule has 0 aliphatic carbocycles. The molecule has 2 aliphatic heterocycles. The predicted molar refractivity (Wildman–Crippen MR) is 164 cm³/mol. The molecule has 0 radical (unpaired) electrons. The zero-order valence-corrected chi connectivity index (χ0v) is 23.5. The number of methoxy groups -OCH3 is 1. The molecule has 0 spiro atoms. The molecule has 5 aromatic rings. The van der Waals surface area contributed by atoms with Gasteiger partial charge < -0.3 is 15.0 Å². The number of nitrogens with zero attached hydrogens (tertiary/aromatic N) is 5. The van der Waals surface area contributed by atoms with E-state index in [2.05, 4.69) is 57.3 Å². The molecular weight excluding hydrogens is 564 g/mol. The van der Waals surface area contributed by atoms with Gasteiger partial charge in [0.1, 0.15) is 5.75 Å². The van der Waals surface area contributed by atoms with Gasteiger partial charge in [0, 0.05) is 21.8 Å². The summed E-state index contributed by atoms with van der Waals surface area (Å²) < 4.78 is 8.42. The number of benzene rings is 4. The summed E-state index contributed by atoms with van der Waals surface area (Å²) in [5.41, 5.74) is 6.77. The summed E-state index contributed by atoms with van der Waals surface area (Å²) in [4.78, 5) is 12.6. The lowest BCUT2D eigenvalue weighted by atomic mass is 9.93. The van der Waals surface area contributed by atoms with Crippen molar-refractivity contribution in [3.05, 3.63) is 124 Å². The monoisotopic (exact) mass is 588 g/mol. The van der Waals surface area contributed by atoms with Gasteiger partial charge in [0.25, 0.3) is 0 Å². The van der Waals surface area contributed by atoms with E-state index in [1.54, 1.807) is 7.11 Å². The fraction of sp³-hybridized carbons (Fsp3) is 0.0938. The molecule has 196 valence electrons. The molecule has 0 amide bonds. The lowest BCUT2D eigenvalue weighted by Gasteiger charge is -2.40. The third-order valence-electron chi connectivity index (χ3n) is 7.14. The fourth-order valence-corrected chi connectivity index (χ4v) is 5.79. The van der Waals surface area contributed by atoms with Crippen LogP contribution in [0.1, 0.15) is 22.9 Å². The van der Waals surface area contributed by atoms with Gasteiger partial charge in [-0.2, -0.15) is 5.10 Å². The first-order valence-corrected chi connectivity index (χ1v) is 13.8. The molecule has 1 N–H and O–H groups in total. The van der Waals surface area contributed by atoms with E-state index in [0.29, 0.717) is 5.84 Å². The molecule has 1 unspecified atom stereocenters. The topological polar surface area (TPSA) is 67.0 Å². The molecule has 0 saturated heterocycles. The largest absolute Gasteiger partial charge is 0.497 e. The van der Waals surface area contributed by atoms with Gasteiger partial charge in [-0.3, -0.25) is 0 Å². The highest BCUT2D eigenvalue weighted by molar-refractivity contribution is 9.10. The standard InChI is InChI=1S/C32H25BrN6O/c1-20-28-29(21-10-8-11-22(33)18-21)38-27-17-7-6-16-26(27)35-30(34-23-12-9-15-25(19-23)40-2)32(38)36-31(28)39(37-20)24-13-4-3-5-14-24/h3-19,29H,1-2H3,(H,34,35). The first-order valence-electron chi connectivity index (χ1n) is 13.0. The Labute approximate surface area is 240 Å². The summed E-state index contributed by atoms with van der Waals surface area (Å²) in [5, 5.41) is 8.54. The number of aryl methyl sites for hydroxylation is 1. The van der Waals surface area contributed by atoms with Crippen molar-refractivity contribution in [1.82, 2.24) is 9.78 Å². The van der Waals surface area contributed by atoms with Crippen molar-refractivity contribution in [3.63, 3.8) is 0 Å². The van der Waals surface area contributed by atoms with Crippen LogP contribution in [-0.2, 0) is 0 Å². The van der Waals surface area contributed by atoms with Gasteiger partial charge in [0.05, 0.1) is 35.9 Å². The number of aromatic nitrogens is 2. The van der Waals surface area contributed by atoms with Crippen molar-refractivity contribution in [1.29, 1.82) is 0 Å². The number of fused-ring (bicyclic) bond motifs is 4. The lowest BCUT2D eigenvalue weighted by Crippen LogP contribution is -2.46. The summed E-state index contributed by atoms with van der Waals surface area (Å²) in [5.74, 6) is 2.92. The summed E-state index contributed by atoms with van der Waals surface area (Å²) in [6.07, 6.45) is 0. The van der Waals surface area contributed by atoms with Gasteiger partial charge in [-0.05, 0) is 61.0 Å². The minimum absolute atomic E-state index is 0.184. The maximum absolute atomic E-state index is 5.47. The average Bonchev–Trinajstić information content (AvgIpc) is 3.32. The molecule has 7 rings (SSSR count). The number of ether oxygens (including phenoxy) is 1.